The summed E-state index contributed by atoms with van der Waals surface area (Å²) in [6.07, 6.45) is 1.79. The highest BCUT2D eigenvalue weighted by atomic mass is 32.2. The van der Waals surface area contributed by atoms with E-state index in [1.54, 1.807) is 6.26 Å². The normalized spacial score (nSPS) is 28.2. The van der Waals surface area contributed by atoms with Crippen LogP contribution in [0, 0.1) is 5.92 Å². The molecule has 4 heteroatoms. The monoisotopic (exact) mass is 246 g/mol. The standard InChI is InChI=1S/C12H26N2OS/c1-10(2)11-8-13-12(3,4)9-14(11)6-7-16(5)15/h10-11,13H,6-9H2,1-5H3. The minimum absolute atomic E-state index is 0.181. The van der Waals surface area contributed by atoms with Crippen LogP contribution in [-0.4, -0.2) is 52.3 Å². The van der Waals surface area contributed by atoms with E-state index in [-0.39, 0.29) is 5.54 Å². The minimum atomic E-state index is -0.682. The molecular weight excluding hydrogens is 220 g/mol. The quantitative estimate of drug-likeness (QED) is 0.805. The molecule has 0 aromatic heterocycles. The molecule has 3 nitrogen and oxygen atoms in total. The highest BCUT2D eigenvalue weighted by Crippen LogP contribution is 2.19. The first-order valence-corrected chi connectivity index (χ1v) is 7.83. The van der Waals surface area contributed by atoms with Crippen LogP contribution in [0.2, 0.25) is 0 Å². The predicted molar refractivity (Wildman–Crippen MR) is 71.2 cm³/mol. The van der Waals surface area contributed by atoms with Crippen LogP contribution in [0.25, 0.3) is 0 Å². The molecule has 1 fully saturated rings. The highest BCUT2D eigenvalue weighted by Gasteiger charge is 2.33. The van der Waals surface area contributed by atoms with Crippen molar-refractivity contribution in [2.24, 2.45) is 5.92 Å². The molecule has 0 amide bonds. The van der Waals surface area contributed by atoms with Crippen molar-refractivity contribution in [2.45, 2.75) is 39.3 Å². The summed E-state index contributed by atoms with van der Waals surface area (Å²) in [5.74, 6) is 1.44. The fourth-order valence-corrected chi connectivity index (χ4v) is 2.83. The number of nitrogens with one attached hydrogen (secondary N) is 1. The topological polar surface area (TPSA) is 32.3 Å². The van der Waals surface area contributed by atoms with Gasteiger partial charge in [-0.25, -0.2) is 0 Å². The smallest absolute Gasteiger partial charge is 0.0359 e. The van der Waals surface area contributed by atoms with Gasteiger partial charge in [0.25, 0.3) is 0 Å². The molecule has 1 aliphatic rings. The molecule has 1 N–H and O–H groups in total. The zero-order chi connectivity index (χ0) is 12.3. The number of hydrogen-bond acceptors (Lipinski definition) is 3. The fourth-order valence-electron chi connectivity index (χ4n) is 2.34. The van der Waals surface area contributed by atoms with E-state index in [0.717, 1.165) is 25.4 Å². The molecule has 0 spiro atoms. The van der Waals surface area contributed by atoms with Crippen molar-refractivity contribution in [1.29, 1.82) is 0 Å². The Hall–Kier alpha value is 0.0700. The Morgan fingerprint density at radius 2 is 2.12 bits per heavy atom. The summed E-state index contributed by atoms with van der Waals surface area (Å²) in [5, 5.41) is 3.59. The Kier molecular flexibility index (Phi) is 4.95. The summed E-state index contributed by atoms with van der Waals surface area (Å²) >= 11 is 0. The molecule has 1 rings (SSSR count). The minimum Gasteiger partial charge on any atom is -0.309 e. The first kappa shape index (κ1) is 14.1. The van der Waals surface area contributed by atoms with Gasteiger partial charge in [0.2, 0.25) is 0 Å². The van der Waals surface area contributed by atoms with Gasteiger partial charge >= 0.3 is 0 Å². The van der Waals surface area contributed by atoms with Crippen LogP contribution in [0.4, 0.5) is 0 Å². The Morgan fingerprint density at radius 3 is 2.62 bits per heavy atom. The lowest BCUT2D eigenvalue weighted by Gasteiger charge is -2.46. The van der Waals surface area contributed by atoms with Gasteiger partial charge in [0, 0.05) is 54.0 Å². The number of hydrogen-bond donors (Lipinski definition) is 1. The zero-order valence-electron chi connectivity index (χ0n) is 11.2. The van der Waals surface area contributed by atoms with E-state index < -0.39 is 10.8 Å². The van der Waals surface area contributed by atoms with E-state index in [0.29, 0.717) is 12.0 Å². The summed E-state index contributed by atoms with van der Waals surface area (Å²) in [6, 6.07) is 0.580. The van der Waals surface area contributed by atoms with Crippen molar-refractivity contribution in [3.8, 4) is 0 Å². The molecule has 2 unspecified atom stereocenters. The van der Waals surface area contributed by atoms with Crippen molar-refractivity contribution in [3.05, 3.63) is 0 Å². The number of rotatable bonds is 4. The highest BCUT2D eigenvalue weighted by molar-refractivity contribution is 7.84. The summed E-state index contributed by atoms with van der Waals surface area (Å²) in [5.41, 5.74) is 0.181. The van der Waals surface area contributed by atoms with Crippen LogP contribution in [0.15, 0.2) is 0 Å². The maximum absolute atomic E-state index is 11.2. The van der Waals surface area contributed by atoms with Crippen molar-refractivity contribution >= 4 is 10.8 Å². The van der Waals surface area contributed by atoms with Gasteiger partial charge in [0.05, 0.1) is 0 Å². The molecule has 0 aliphatic carbocycles. The fraction of sp³-hybridized carbons (Fsp3) is 1.00. The van der Waals surface area contributed by atoms with Crippen LogP contribution < -0.4 is 5.32 Å². The SMILES string of the molecule is CC(C)C1CNC(C)(C)CN1CCS(C)=O. The van der Waals surface area contributed by atoms with E-state index in [2.05, 4.69) is 37.9 Å². The maximum Gasteiger partial charge on any atom is 0.0359 e. The first-order chi connectivity index (χ1) is 7.32. The molecular formula is C12H26N2OS. The Bertz CT molecular complexity index is 253. The van der Waals surface area contributed by atoms with Gasteiger partial charge in [-0.3, -0.25) is 9.11 Å². The lowest BCUT2D eigenvalue weighted by atomic mass is 9.93. The van der Waals surface area contributed by atoms with E-state index >= 15 is 0 Å². The van der Waals surface area contributed by atoms with Gasteiger partial charge in [0.1, 0.15) is 0 Å². The molecule has 1 aliphatic heterocycles. The second-order valence-corrected chi connectivity index (χ2v) is 7.38. The van der Waals surface area contributed by atoms with Crippen molar-refractivity contribution in [2.75, 3.05) is 31.6 Å². The lowest BCUT2D eigenvalue weighted by Crippen LogP contribution is -2.63. The Balaban J connectivity index is 2.60. The van der Waals surface area contributed by atoms with Gasteiger partial charge in [0.15, 0.2) is 0 Å². The Morgan fingerprint density at radius 1 is 1.50 bits per heavy atom. The van der Waals surface area contributed by atoms with Crippen LogP contribution in [0.3, 0.4) is 0 Å². The number of nitrogens with zero attached hydrogens (tertiary/aromatic N) is 1. The molecule has 2 atom stereocenters. The van der Waals surface area contributed by atoms with Gasteiger partial charge in [-0.1, -0.05) is 13.8 Å². The first-order valence-electron chi connectivity index (χ1n) is 6.11. The maximum atomic E-state index is 11.2. The van der Waals surface area contributed by atoms with Crippen molar-refractivity contribution in [3.63, 3.8) is 0 Å². The van der Waals surface area contributed by atoms with Gasteiger partial charge in [-0.15, -0.1) is 0 Å². The van der Waals surface area contributed by atoms with E-state index in [4.69, 9.17) is 0 Å². The summed E-state index contributed by atoms with van der Waals surface area (Å²) < 4.78 is 11.2. The number of piperazine rings is 1. The summed E-state index contributed by atoms with van der Waals surface area (Å²) in [7, 11) is -0.682. The van der Waals surface area contributed by atoms with E-state index in [1.165, 1.54) is 0 Å². The molecule has 16 heavy (non-hydrogen) atoms. The summed E-state index contributed by atoms with van der Waals surface area (Å²) in [6.45, 7) is 12.0. The molecule has 96 valence electrons. The summed E-state index contributed by atoms with van der Waals surface area (Å²) in [4.78, 5) is 2.50. The van der Waals surface area contributed by atoms with Gasteiger partial charge < -0.3 is 5.32 Å². The predicted octanol–water partition coefficient (Wildman–Crippen LogP) is 1.07. The molecule has 0 aromatic rings. The lowest BCUT2D eigenvalue weighted by molar-refractivity contribution is 0.0754. The van der Waals surface area contributed by atoms with E-state index in [1.807, 2.05) is 0 Å². The molecule has 0 radical (unpaired) electrons. The third-order valence-electron chi connectivity index (χ3n) is 3.29. The molecule has 0 aromatic carbocycles. The van der Waals surface area contributed by atoms with E-state index in [9.17, 15) is 4.21 Å². The average molecular weight is 246 g/mol. The third-order valence-corrected chi connectivity index (χ3v) is 4.05. The molecule has 0 bridgehead atoms. The zero-order valence-corrected chi connectivity index (χ0v) is 12.1. The van der Waals surface area contributed by atoms with Crippen LogP contribution in [0.1, 0.15) is 27.7 Å². The average Bonchev–Trinajstić information content (AvgIpc) is 2.12. The van der Waals surface area contributed by atoms with Gasteiger partial charge in [-0.05, 0) is 19.8 Å². The van der Waals surface area contributed by atoms with Crippen LogP contribution in [-0.2, 0) is 10.8 Å². The van der Waals surface area contributed by atoms with Crippen molar-refractivity contribution in [1.82, 2.24) is 10.2 Å². The van der Waals surface area contributed by atoms with Crippen LogP contribution in [0.5, 0.6) is 0 Å². The third kappa shape index (κ3) is 4.15. The molecule has 1 heterocycles. The molecule has 1 saturated heterocycles. The second kappa shape index (κ2) is 5.61. The van der Waals surface area contributed by atoms with Crippen LogP contribution >= 0.6 is 0 Å². The van der Waals surface area contributed by atoms with Gasteiger partial charge in [-0.2, -0.15) is 0 Å². The largest absolute Gasteiger partial charge is 0.309 e. The van der Waals surface area contributed by atoms with Crippen molar-refractivity contribution < 1.29 is 4.21 Å². The Labute approximate surface area is 102 Å². The second-order valence-electron chi connectivity index (χ2n) is 5.82. The molecule has 0 saturated carbocycles.